The summed E-state index contributed by atoms with van der Waals surface area (Å²) in [5.41, 5.74) is 1.25. The zero-order chi connectivity index (χ0) is 14.0. The third kappa shape index (κ3) is 4.02. The Morgan fingerprint density at radius 2 is 1.61 bits per heavy atom. The topological polar surface area (TPSA) is 21.3 Å². The van der Waals surface area contributed by atoms with E-state index in [2.05, 4.69) is 18.5 Å². The minimum atomic E-state index is 0.0400. The third-order valence-corrected chi connectivity index (χ3v) is 3.10. The highest BCUT2D eigenvalue weighted by Gasteiger charge is 2.39. The summed E-state index contributed by atoms with van der Waals surface area (Å²) >= 11 is 0. The molecule has 0 atom stereocenters. The summed E-state index contributed by atoms with van der Waals surface area (Å²) in [6, 6.07) is 0. The van der Waals surface area contributed by atoms with Crippen LogP contribution in [0.5, 0.6) is 0 Å². The Bertz CT molecular complexity index is 263. The van der Waals surface area contributed by atoms with Gasteiger partial charge < -0.3 is 10.1 Å². The Hall–Kier alpha value is -1.02. The molecule has 2 heterocycles. The first-order valence-corrected chi connectivity index (χ1v) is 7.17. The summed E-state index contributed by atoms with van der Waals surface area (Å²) in [6.45, 7) is 17.7. The maximum absolute atomic E-state index is 5.99. The smallest absolute Gasteiger partial charge is 0.122 e. The van der Waals surface area contributed by atoms with Gasteiger partial charge in [-0.3, -0.25) is 0 Å². The van der Waals surface area contributed by atoms with Gasteiger partial charge in [-0.25, -0.2) is 0 Å². The van der Waals surface area contributed by atoms with Crippen LogP contribution in [-0.2, 0) is 4.74 Å². The molecule has 104 valence electrons. The van der Waals surface area contributed by atoms with Gasteiger partial charge in [0.05, 0.1) is 0 Å². The van der Waals surface area contributed by atoms with Crippen molar-refractivity contribution in [2.45, 2.75) is 52.6 Å². The fourth-order valence-electron chi connectivity index (χ4n) is 2.28. The molecular formula is C16H29NO. The summed E-state index contributed by atoms with van der Waals surface area (Å²) in [7, 11) is 0. The summed E-state index contributed by atoms with van der Waals surface area (Å²) in [6.07, 6.45) is 6.87. The number of nitrogens with one attached hydrogen (secondary N) is 1. The first kappa shape index (κ1) is 17.0. The average Bonchev–Trinajstić information content (AvgIpc) is 2.81. The van der Waals surface area contributed by atoms with Crippen molar-refractivity contribution in [1.29, 1.82) is 0 Å². The Kier molecular flexibility index (Phi) is 8.47. The standard InChI is InChI=1S/C12H17NO.2C2H6/c1-3-10-9-12(14-11(10)4-2)5-7-13-8-6-12;2*1-2/h3-4,13H,1-2,5-9H2;2*1-2H3. The van der Waals surface area contributed by atoms with Crippen molar-refractivity contribution < 1.29 is 4.74 Å². The van der Waals surface area contributed by atoms with E-state index in [0.29, 0.717) is 0 Å². The molecule has 0 aromatic rings. The predicted octanol–water partition coefficient (Wildman–Crippen LogP) is 4.21. The van der Waals surface area contributed by atoms with E-state index in [1.807, 2.05) is 33.8 Å². The Morgan fingerprint density at radius 3 is 2.00 bits per heavy atom. The van der Waals surface area contributed by atoms with Gasteiger partial charge in [-0.2, -0.15) is 0 Å². The van der Waals surface area contributed by atoms with Crippen molar-refractivity contribution >= 4 is 0 Å². The minimum absolute atomic E-state index is 0.0400. The zero-order valence-corrected chi connectivity index (χ0v) is 12.5. The van der Waals surface area contributed by atoms with Crippen LogP contribution >= 0.6 is 0 Å². The van der Waals surface area contributed by atoms with Gasteiger partial charge in [-0.15, -0.1) is 0 Å². The van der Waals surface area contributed by atoms with Crippen molar-refractivity contribution in [3.05, 3.63) is 36.6 Å². The summed E-state index contributed by atoms with van der Waals surface area (Å²) in [5.74, 6) is 0.932. The van der Waals surface area contributed by atoms with Crippen LogP contribution in [0.3, 0.4) is 0 Å². The van der Waals surface area contributed by atoms with E-state index >= 15 is 0 Å². The van der Waals surface area contributed by atoms with Crippen LogP contribution in [0.15, 0.2) is 36.6 Å². The highest BCUT2D eigenvalue weighted by molar-refractivity contribution is 5.33. The molecule has 0 radical (unpaired) electrons. The molecule has 0 bridgehead atoms. The van der Waals surface area contributed by atoms with Crippen LogP contribution in [0.1, 0.15) is 47.0 Å². The van der Waals surface area contributed by atoms with Gasteiger partial charge >= 0.3 is 0 Å². The van der Waals surface area contributed by atoms with Crippen molar-refractivity contribution in [3.8, 4) is 0 Å². The van der Waals surface area contributed by atoms with E-state index in [1.165, 1.54) is 5.57 Å². The van der Waals surface area contributed by atoms with Gasteiger partial charge in [0.1, 0.15) is 11.4 Å². The molecule has 0 aliphatic carbocycles. The molecule has 2 rings (SSSR count). The lowest BCUT2D eigenvalue weighted by atomic mass is 9.87. The maximum atomic E-state index is 5.99. The third-order valence-electron chi connectivity index (χ3n) is 3.10. The summed E-state index contributed by atoms with van der Waals surface area (Å²) < 4.78 is 5.99. The second kappa shape index (κ2) is 8.98. The number of hydrogen-bond donors (Lipinski definition) is 1. The maximum Gasteiger partial charge on any atom is 0.122 e. The monoisotopic (exact) mass is 251 g/mol. The molecular weight excluding hydrogens is 222 g/mol. The van der Waals surface area contributed by atoms with Gasteiger partial charge in [0.2, 0.25) is 0 Å². The van der Waals surface area contributed by atoms with E-state index in [4.69, 9.17) is 4.74 Å². The molecule has 0 aromatic heterocycles. The Balaban J connectivity index is 0.000000659. The highest BCUT2D eigenvalue weighted by atomic mass is 16.5. The SMILES string of the molecule is C=CC1=C(C=C)OC2(CCNCC2)C1.CC.CC. The van der Waals surface area contributed by atoms with E-state index in [-0.39, 0.29) is 5.60 Å². The molecule has 0 saturated carbocycles. The molecule has 1 saturated heterocycles. The zero-order valence-electron chi connectivity index (χ0n) is 12.5. The molecule has 0 amide bonds. The lowest BCUT2D eigenvalue weighted by Gasteiger charge is -2.33. The van der Waals surface area contributed by atoms with Crippen molar-refractivity contribution in [2.75, 3.05) is 13.1 Å². The van der Waals surface area contributed by atoms with Gasteiger partial charge in [0, 0.05) is 6.42 Å². The molecule has 0 aromatic carbocycles. The van der Waals surface area contributed by atoms with Crippen molar-refractivity contribution in [1.82, 2.24) is 5.32 Å². The fraction of sp³-hybridized carbons (Fsp3) is 0.625. The first-order valence-electron chi connectivity index (χ1n) is 7.17. The quantitative estimate of drug-likeness (QED) is 0.794. The van der Waals surface area contributed by atoms with E-state index in [0.717, 1.165) is 38.1 Å². The number of allylic oxidation sites excluding steroid dienone is 2. The second-order valence-corrected chi connectivity index (χ2v) is 4.01. The largest absolute Gasteiger partial charge is 0.487 e. The van der Waals surface area contributed by atoms with Crippen LogP contribution in [0.2, 0.25) is 0 Å². The first-order chi connectivity index (χ1) is 8.79. The lowest BCUT2D eigenvalue weighted by molar-refractivity contribution is 0.00470. The van der Waals surface area contributed by atoms with Crippen molar-refractivity contribution in [3.63, 3.8) is 0 Å². The molecule has 1 spiro atoms. The molecule has 2 aliphatic rings. The fourth-order valence-corrected chi connectivity index (χ4v) is 2.28. The van der Waals surface area contributed by atoms with Crippen LogP contribution in [-0.4, -0.2) is 18.7 Å². The van der Waals surface area contributed by atoms with Crippen LogP contribution in [0, 0.1) is 0 Å². The van der Waals surface area contributed by atoms with E-state index in [1.54, 1.807) is 6.08 Å². The van der Waals surface area contributed by atoms with Gasteiger partial charge in [0.15, 0.2) is 0 Å². The summed E-state index contributed by atoms with van der Waals surface area (Å²) in [4.78, 5) is 0. The van der Waals surface area contributed by atoms with Gasteiger partial charge in [-0.05, 0) is 37.6 Å². The molecule has 2 heteroatoms. The minimum Gasteiger partial charge on any atom is -0.487 e. The second-order valence-electron chi connectivity index (χ2n) is 4.01. The van der Waals surface area contributed by atoms with Crippen molar-refractivity contribution in [2.24, 2.45) is 0 Å². The normalized spacial score (nSPS) is 20.0. The van der Waals surface area contributed by atoms with Crippen LogP contribution in [0.4, 0.5) is 0 Å². The van der Waals surface area contributed by atoms with Gasteiger partial charge in [-0.1, -0.05) is 46.9 Å². The Morgan fingerprint density at radius 1 is 1.06 bits per heavy atom. The molecule has 1 fully saturated rings. The highest BCUT2D eigenvalue weighted by Crippen LogP contribution is 2.40. The number of rotatable bonds is 2. The average molecular weight is 251 g/mol. The van der Waals surface area contributed by atoms with E-state index in [9.17, 15) is 0 Å². The molecule has 2 nitrogen and oxygen atoms in total. The predicted molar refractivity (Wildman–Crippen MR) is 80.7 cm³/mol. The molecule has 2 aliphatic heterocycles. The number of ether oxygens (including phenoxy) is 1. The lowest BCUT2D eigenvalue weighted by Crippen LogP contribution is -2.41. The Labute approximate surface area is 113 Å². The van der Waals surface area contributed by atoms with E-state index < -0.39 is 0 Å². The number of hydrogen-bond acceptors (Lipinski definition) is 2. The van der Waals surface area contributed by atoms with Gasteiger partial charge in [0.25, 0.3) is 0 Å². The summed E-state index contributed by atoms with van der Waals surface area (Å²) in [5, 5.41) is 3.35. The van der Waals surface area contributed by atoms with Crippen LogP contribution in [0.25, 0.3) is 0 Å². The van der Waals surface area contributed by atoms with Crippen LogP contribution < -0.4 is 5.32 Å². The molecule has 18 heavy (non-hydrogen) atoms. The molecule has 1 N–H and O–H groups in total. The molecule has 0 unspecified atom stereocenters. The number of piperidine rings is 1.